The Morgan fingerprint density at radius 1 is 1.25 bits per heavy atom. The van der Waals surface area contributed by atoms with Gasteiger partial charge in [-0.2, -0.15) is 5.10 Å². The molecule has 0 atom stereocenters. The number of nitrogens with one attached hydrogen (secondary N) is 1. The minimum atomic E-state index is -1.15. The van der Waals surface area contributed by atoms with Crippen LogP contribution >= 0.6 is 0 Å². The van der Waals surface area contributed by atoms with E-state index < -0.39 is 17.7 Å². The number of ether oxygens (including phenoxy) is 1. The van der Waals surface area contributed by atoms with E-state index in [1.807, 2.05) is 30.3 Å². The molecule has 0 unspecified atom stereocenters. The summed E-state index contributed by atoms with van der Waals surface area (Å²) in [6.45, 7) is 7.12. The topological polar surface area (TPSA) is 93.5 Å². The number of aromatic carboxylic acids is 1. The van der Waals surface area contributed by atoms with Crippen LogP contribution in [-0.4, -0.2) is 32.6 Å². The maximum absolute atomic E-state index is 12.0. The zero-order chi connectivity index (χ0) is 17.9. The average molecular weight is 331 g/mol. The second-order valence-electron chi connectivity index (χ2n) is 6.38. The van der Waals surface area contributed by atoms with Gasteiger partial charge in [0, 0.05) is 0 Å². The summed E-state index contributed by atoms with van der Waals surface area (Å²) in [5.74, 6) is -1.05. The van der Waals surface area contributed by atoms with Crippen molar-refractivity contribution in [2.45, 2.75) is 39.8 Å². The van der Waals surface area contributed by atoms with Crippen LogP contribution in [0.25, 0.3) is 0 Å². The van der Waals surface area contributed by atoms with Crippen LogP contribution in [0, 0.1) is 6.92 Å². The Morgan fingerprint density at radius 3 is 2.42 bits per heavy atom. The Labute approximate surface area is 140 Å². The summed E-state index contributed by atoms with van der Waals surface area (Å²) in [5, 5.41) is 16.2. The molecule has 2 rings (SSSR count). The first-order valence-corrected chi connectivity index (χ1v) is 7.52. The molecule has 7 heteroatoms. The molecule has 2 aromatic rings. The normalized spacial score (nSPS) is 11.2. The standard InChI is InChI=1S/C17H21N3O4/c1-11-13(15(21)22)14(18-16(23)24-17(2,3)4)20(19-11)10-12-8-6-5-7-9-12/h5-9H,10H2,1-4H3,(H,18,23)(H,21,22). The molecule has 24 heavy (non-hydrogen) atoms. The number of carbonyl (C=O) groups excluding carboxylic acids is 1. The first kappa shape index (κ1) is 17.5. The number of aryl methyl sites for hydroxylation is 1. The Balaban J connectivity index is 2.35. The molecule has 1 aromatic carbocycles. The van der Waals surface area contributed by atoms with E-state index in [-0.39, 0.29) is 11.4 Å². The SMILES string of the molecule is Cc1nn(Cc2ccccc2)c(NC(=O)OC(C)(C)C)c1C(=O)O. The van der Waals surface area contributed by atoms with Crippen LogP contribution in [0.15, 0.2) is 30.3 Å². The third-order valence-electron chi connectivity index (χ3n) is 3.14. The molecule has 0 aliphatic heterocycles. The number of aromatic nitrogens is 2. The molecule has 0 saturated carbocycles. The minimum Gasteiger partial charge on any atom is -0.477 e. The highest BCUT2D eigenvalue weighted by Crippen LogP contribution is 2.22. The predicted octanol–water partition coefficient (Wildman–Crippen LogP) is 3.29. The van der Waals surface area contributed by atoms with Crippen LogP contribution in [0.1, 0.15) is 42.4 Å². The van der Waals surface area contributed by atoms with E-state index in [1.54, 1.807) is 27.7 Å². The number of nitrogens with zero attached hydrogens (tertiary/aromatic N) is 2. The van der Waals surface area contributed by atoms with Crippen LogP contribution in [0.2, 0.25) is 0 Å². The molecule has 0 fully saturated rings. The van der Waals surface area contributed by atoms with Crippen molar-refractivity contribution < 1.29 is 19.4 Å². The number of carbonyl (C=O) groups is 2. The van der Waals surface area contributed by atoms with Gasteiger partial charge in [0.25, 0.3) is 0 Å². The smallest absolute Gasteiger partial charge is 0.413 e. The lowest BCUT2D eigenvalue weighted by Gasteiger charge is -2.20. The van der Waals surface area contributed by atoms with Crippen molar-refractivity contribution >= 4 is 17.9 Å². The van der Waals surface area contributed by atoms with Crippen LogP contribution < -0.4 is 5.32 Å². The van der Waals surface area contributed by atoms with Crippen LogP contribution in [-0.2, 0) is 11.3 Å². The number of benzene rings is 1. The number of amides is 1. The van der Waals surface area contributed by atoms with Crippen LogP contribution in [0.5, 0.6) is 0 Å². The molecule has 1 heterocycles. The second-order valence-corrected chi connectivity index (χ2v) is 6.38. The lowest BCUT2D eigenvalue weighted by atomic mass is 10.2. The van der Waals surface area contributed by atoms with Gasteiger partial charge in [-0.3, -0.25) is 5.32 Å². The molecule has 0 radical (unpaired) electrons. The molecule has 0 bridgehead atoms. The van der Waals surface area contributed by atoms with Crippen LogP contribution in [0.4, 0.5) is 10.6 Å². The second kappa shape index (κ2) is 6.74. The fraction of sp³-hybridized carbons (Fsp3) is 0.353. The van der Waals surface area contributed by atoms with Gasteiger partial charge in [0.05, 0.1) is 12.2 Å². The molecule has 2 N–H and O–H groups in total. The summed E-state index contributed by atoms with van der Waals surface area (Å²) < 4.78 is 6.66. The van der Waals surface area contributed by atoms with Crippen molar-refractivity contribution in [3.8, 4) is 0 Å². The van der Waals surface area contributed by atoms with Gasteiger partial charge in [-0.15, -0.1) is 0 Å². The molecule has 128 valence electrons. The monoisotopic (exact) mass is 331 g/mol. The van der Waals surface area contributed by atoms with E-state index in [9.17, 15) is 14.7 Å². The predicted molar refractivity (Wildman–Crippen MR) is 89.3 cm³/mol. The third-order valence-corrected chi connectivity index (χ3v) is 3.14. The minimum absolute atomic E-state index is 0.0446. The first-order valence-electron chi connectivity index (χ1n) is 7.52. The average Bonchev–Trinajstić information content (AvgIpc) is 2.73. The van der Waals surface area contributed by atoms with Gasteiger partial charge in [0.1, 0.15) is 17.0 Å². The summed E-state index contributed by atoms with van der Waals surface area (Å²) >= 11 is 0. The number of anilines is 1. The molecule has 0 spiro atoms. The zero-order valence-electron chi connectivity index (χ0n) is 14.2. The lowest BCUT2D eigenvalue weighted by Crippen LogP contribution is -2.28. The molecule has 1 amide bonds. The maximum atomic E-state index is 12.0. The highest BCUT2D eigenvalue weighted by Gasteiger charge is 2.25. The van der Waals surface area contributed by atoms with Crippen molar-refractivity contribution in [3.05, 3.63) is 47.2 Å². The number of carboxylic acids is 1. The van der Waals surface area contributed by atoms with E-state index in [2.05, 4.69) is 10.4 Å². The van der Waals surface area contributed by atoms with Crippen molar-refractivity contribution in [3.63, 3.8) is 0 Å². The van der Waals surface area contributed by atoms with E-state index in [1.165, 1.54) is 4.68 Å². The van der Waals surface area contributed by atoms with E-state index in [0.717, 1.165) is 5.56 Å². The first-order chi connectivity index (χ1) is 11.2. The lowest BCUT2D eigenvalue weighted by molar-refractivity contribution is 0.0634. The van der Waals surface area contributed by atoms with Crippen molar-refractivity contribution in [1.29, 1.82) is 0 Å². The highest BCUT2D eigenvalue weighted by atomic mass is 16.6. The zero-order valence-corrected chi connectivity index (χ0v) is 14.2. The van der Waals surface area contributed by atoms with E-state index in [0.29, 0.717) is 12.2 Å². The van der Waals surface area contributed by atoms with Crippen molar-refractivity contribution in [1.82, 2.24) is 9.78 Å². The van der Waals surface area contributed by atoms with E-state index in [4.69, 9.17) is 4.74 Å². The van der Waals surface area contributed by atoms with Gasteiger partial charge in [-0.1, -0.05) is 30.3 Å². The Bertz CT molecular complexity index is 745. The molecule has 0 saturated heterocycles. The molecule has 1 aromatic heterocycles. The maximum Gasteiger partial charge on any atom is 0.413 e. The number of hydrogen-bond donors (Lipinski definition) is 2. The molecule has 0 aliphatic rings. The largest absolute Gasteiger partial charge is 0.477 e. The quantitative estimate of drug-likeness (QED) is 0.896. The van der Waals surface area contributed by atoms with Gasteiger partial charge in [0.15, 0.2) is 0 Å². The van der Waals surface area contributed by atoms with Crippen LogP contribution in [0.3, 0.4) is 0 Å². The van der Waals surface area contributed by atoms with Gasteiger partial charge >= 0.3 is 12.1 Å². The number of hydrogen-bond acceptors (Lipinski definition) is 4. The Hall–Kier alpha value is -2.83. The highest BCUT2D eigenvalue weighted by molar-refractivity contribution is 5.98. The summed E-state index contributed by atoms with van der Waals surface area (Å²) in [4.78, 5) is 23.6. The summed E-state index contributed by atoms with van der Waals surface area (Å²) in [5.41, 5.74) is 0.526. The fourth-order valence-electron chi connectivity index (χ4n) is 2.24. The van der Waals surface area contributed by atoms with Crippen molar-refractivity contribution in [2.24, 2.45) is 0 Å². The molecule has 7 nitrogen and oxygen atoms in total. The van der Waals surface area contributed by atoms with Gasteiger partial charge in [-0.05, 0) is 33.3 Å². The molecular formula is C17H21N3O4. The number of carboxylic acid groups (broad SMARTS) is 1. The van der Waals surface area contributed by atoms with Gasteiger partial charge < -0.3 is 9.84 Å². The number of rotatable bonds is 4. The third kappa shape index (κ3) is 4.34. The van der Waals surface area contributed by atoms with Crippen molar-refractivity contribution in [2.75, 3.05) is 5.32 Å². The van der Waals surface area contributed by atoms with E-state index >= 15 is 0 Å². The van der Waals surface area contributed by atoms with Gasteiger partial charge in [-0.25, -0.2) is 14.3 Å². The fourth-order valence-corrected chi connectivity index (χ4v) is 2.24. The summed E-state index contributed by atoms with van der Waals surface area (Å²) in [7, 11) is 0. The molecular weight excluding hydrogens is 310 g/mol. The molecule has 0 aliphatic carbocycles. The Kier molecular flexibility index (Phi) is 4.92. The summed E-state index contributed by atoms with van der Waals surface area (Å²) in [6, 6.07) is 9.44. The Morgan fingerprint density at radius 2 is 1.88 bits per heavy atom. The summed E-state index contributed by atoms with van der Waals surface area (Å²) in [6.07, 6.45) is -0.723. The van der Waals surface area contributed by atoms with Gasteiger partial charge in [0.2, 0.25) is 0 Å².